The molecule has 1 aromatic heterocycles. The summed E-state index contributed by atoms with van der Waals surface area (Å²) in [5.41, 5.74) is -0.977. The summed E-state index contributed by atoms with van der Waals surface area (Å²) in [5.74, 6) is -2.10. The number of hydrogen-bond acceptors (Lipinski definition) is 5. The summed E-state index contributed by atoms with van der Waals surface area (Å²) in [7, 11) is 1.62. The summed E-state index contributed by atoms with van der Waals surface area (Å²) in [5, 5.41) is 6.94. The number of carbonyl (C=O) groups is 3. The van der Waals surface area contributed by atoms with Crippen LogP contribution in [-0.2, 0) is 15.1 Å². The predicted octanol–water partition coefficient (Wildman–Crippen LogP) is 4.47. The molecular formula is C25H25BrN4O4. The molecule has 2 aromatic carbocycles. The average Bonchev–Trinajstić information content (AvgIpc) is 3.38. The van der Waals surface area contributed by atoms with Gasteiger partial charge >= 0.3 is 6.09 Å². The van der Waals surface area contributed by atoms with Gasteiger partial charge in [-0.15, -0.1) is 0 Å². The van der Waals surface area contributed by atoms with E-state index < -0.39 is 35.0 Å². The topological polar surface area (TPSA) is 93.5 Å². The highest BCUT2D eigenvalue weighted by Crippen LogP contribution is 2.49. The number of aromatic nitrogens is 2. The molecule has 2 atom stereocenters. The van der Waals surface area contributed by atoms with Crippen LogP contribution in [0.5, 0.6) is 0 Å². The van der Waals surface area contributed by atoms with E-state index in [-0.39, 0.29) is 0 Å². The molecule has 34 heavy (non-hydrogen) atoms. The average molecular weight is 525 g/mol. The van der Waals surface area contributed by atoms with Crippen molar-refractivity contribution in [2.75, 3.05) is 11.9 Å². The number of alkyl carbamates (subject to hydrolysis) is 1. The number of fused-ring (bicyclic) bond motifs is 1. The van der Waals surface area contributed by atoms with Gasteiger partial charge in [0, 0.05) is 35.2 Å². The van der Waals surface area contributed by atoms with Gasteiger partial charge in [0.15, 0.2) is 5.54 Å². The van der Waals surface area contributed by atoms with Crippen molar-refractivity contribution in [3.8, 4) is 0 Å². The number of hydrogen-bond donors (Lipinski definition) is 1. The van der Waals surface area contributed by atoms with E-state index in [1.807, 2.05) is 6.07 Å². The Labute approximate surface area is 206 Å². The van der Waals surface area contributed by atoms with Gasteiger partial charge in [0.25, 0.3) is 11.8 Å². The molecule has 176 valence electrons. The van der Waals surface area contributed by atoms with Crippen molar-refractivity contribution < 1.29 is 19.1 Å². The molecule has 2 amide bonds. The Bertz CT molecular complexity index is 1250. The summed E-state index contributed by atoms with van der Waals surface area (Å²) in [6, 6.07) is 15.8. The van der Waals surface area contributed by atoms with Crippen LogP contribution in [0.4, 0.5) is 10.5 Å². The van der Waals surface area contributed by atoms with Crippen molar-refractivity contribution >= 4 is 39.5 Å². The number of rotatable bonds is 4. The second kappa shape index (κ2) is 8.72. The molecule has 9 heteroatoms. The molecule has 8 nitrogen and oxygen atoms in total. The first-order chi connectivity index (χ1) is 16.1. The van der Waals surface area contributed by atoms with Gasteiger partial charge in [-0.1, -0.05) is 52.3 Å². The molecule has 4 rings (SSSR count). The van der Waals surface area contributed by atoms with Gasteiger partial charge in [0.1, 0.15) is 11.5 Å². The second-order valence-corrected chi connectivity index (χ2v) is 9.91. The van der Waals surface area contributed by atoms with Crippen molar-refractivity contribution in [2.45, 2.75) is 37.8 Å². The van der Waals surface area contributed by atoms with E-state index in [1.54, 1.807) is 76.3 Å². The van der Waals surface area contributed by atoms with Crippen LogP contribution in [0.1, 0.15) is 42.6 Å². The van der Waals surface area contributed by atoms with Crippen LogP contribution in [0.2, 0.25) is 0 Å². The zero-order chi connectivity index (χ0) is 24.7. The van der Waals surface area contributed by atoms with E-state index in [4.69, 9.17) is 4.74 Å². The first-order valence-electron chi connectivity index (χ1n) is 10.7. The minimum absolute atomic E-state index is 0.458. The number of likely N-dealkylation sites (N-methyl/N-ethyl adjacent to an activating group) is 1. The van der Waals surface area contributed by atoms with Crippen molar-refractivity contribution in [3.63, 3.8) is 0 Å². The third-order valence-corrected chi connectivity index (χ3v) is 6.38. The largest absolute Gasteiger partial charge is 0.444 e. The first kappa shape index (κ1) is 23.7. The number of benzene rings is 2. The number of ether oxygens (including phenoxy) is 1. The number of para-hydroxylation sites is 1. The predicted molar refractivity (Wildman–Crippen MR) is 131 cm³/mol. The van der Waals surface area contributed by atoms with Crippen LogP contribution in [-0.4, -0.2) is 40.3 Å². The molecule has 0 spiro atoms. The number of amides is 2. The lowest BCUT2D eigenvalue weighted by Gasteiger charge is -2.37. The summed E-state index contributed by atoms with van der Waals surface area (Å²) < 4.78 is 7.34. The molecule has 0 saturated heterocycles. The fourth-order valence-electron chi connectivity index (χ4n) is 4.32. The SMILES string of the molecule is CN1C(=O)[C@@](NC(=O)OC(C)(C)C)([C@@H](C(=O)n2cccn2)c2ccccc2Br)c2ccccc21. The number of halogens is 1. The zero-order valence-corrected chi connectivity index (χ0v) is 20.9. The van der Waals surface area contributed by atoms with Crippen molar-refractivity contribution in [2.24, 2.45) is 0 Å². The summed E-state index contributed by atoms with van der Waals surface area (Å²) in [6.07, 6.45) is 2.19. The Morgan fingerprint density at radius 3 is 2.41 bits per heavy atom. The number of nitrogens with zero attached hydrogens (tertiary/aromatic N) is 3. The molecule has 1 aliphatic heterocycles. The van der Waals surface area contributed by atoms with Crippen LogP contribution in [0.25, 0.3) is 0 Å². The Morgan fingerprint density at radius 2 is 1.76 bits per heavy atom. The lowest BCUT2D eigenvalue weighted by Crippen LogP contribution is -2.59. The summed E-state index contributed by atoms with van der Waals surface area (Å²) >= 11 is 3.54. The molecule has 0 radical (unpaired) electrons. The quantitative estimate of drug-likeness (QED) is 0.543. The molecule has 0 fully saturated rings. The highest BCUT2D eigenvalue weighted by Gasteiger charge is 2.60. The van der Waals surface area contributed by atoms with Crippen LogP contribution >= 0.6 is 15.9 Å². The van der Waals surface area contributed by atoms with Gasteiger partial charge in [-0.3, -0.25) is 9.59 Å². The molecule has 0 aliphatic carbocycles. The molecule has 0 unspecified atom stereocenters. The fraction of sp³-hybridized carbons (Fsp3) is 0.280. The van der Waals surface area contributed by atoms with Gasteiger partial charge in [-0.25, -0.2) is 9.48 Å². The Hall–Kier alpha value is -3.46. The van der Waals surface area contributed by atoms with Crippen molar-refractivity contribution in [3.05, 3.63) is 82.6 Å². The van der Waals surface area contributed by atoms with Gasteiger partial charge in [0.05, 0.1) is 0 Å². The van der Waals surface area contributed by atoms with Gasteiger partial charge < -0.3 is 15.0 Å². The Balaban J connectivity index is 2.01. The van der Waals surface area contributed by atoms with Crippen molar-refractivity contribution in [1.29, 1.82) is 0 Å². The first-order valence-corrected chi connectivity index (χ1v) is 11.5. The van der Waals surface area contributed by atoms with Crippen LogP contribution in [0, 0.1) is 0 Å². The minimum atomic E-state index is -1.78. The van der Waals surface area contributed by atoms with E-state index >= 15 is 0 Å². The van der Waals surface area contributed by atoms with E-state index in [1.165, 1.54) is 22.0 Å². The Kier molecular flexibility index (Phi) is 6.07. The zero-order valence-electron chi connectivity index (χ0n) is 19.3. The Morgan fingerprint density at radius 1 is 1.09 bits per heavy atom. The van der Waals surface area contributed by atoms with Gasteiger partial charge in [0.2, 0.25) is 0 Å². The third kappa shape index (κ3) is 4.00. The normalized spacial score (nSPS) is 18.4. The number of nitrogens with one attached hydrogen (secondary N) is 1. The van der Waals surface area contributed by atoms with Crippen LogP contribution in [0.15, 0.2) is 71.5 Å². The number of carbonyl (C=O) groups excluding carboxylic acids is 3. The van der Waals surface area contributed by atoms with Crippen molar-refractivity contribution in [1.82, 2.24) is 15.1 Å². The maximum absolute atomic E-state index is 14.0. The summed E-state index contributed by atoms with van der Waals surface area (Å²) in [6.45, 7) is 5.20. The monoisotopic (exact) mass is 524 g/mol. The lowest BCUT2D eigenvalue weighted by atomic mass is 9.74. The van der Waals surface area contributed by atoms with E-state index in [0.29, 0.717) is 21.3 Å². The van der Waals surface area contributed by atoms with Crippen LogP contribution in [0.3, 0.4) is 0 Å². The van der Waals surface area contributed by atoms with E-state index in [9.17, 15) is 14.4 Å². The number of anilines is 1. The minimum Gasteiger partial charge on any atom is -0.444 e. The fourth-order valence-corrected chi connectivity index (χ4v) is 4.83. The highest BCUT2D eigenvalue weighted by molar-refractivity contribution is 9.10. The highest BCUT2D eigenvalue weighted by atomic mass is 79.9. The van der Waals surface area contributed by atoms with E-state index in [2.05, 4.69) is 26.3 Å². The summed E-state index contributed by atoms with van der Waals surface area (Å²) in [4.78, 5) is 42.7. The smallest absolute Gasteiger partial charge is 0.408 e. The molecule has 3 aromatic rings. The third-order valence-electron chi connectivity index (χ3n) is 5.66. The maximum atomic E-state index is 14.0. The van der Waals surface area contributed by atoms with E-state index in [0.717, 1.165) is 0 Å². The van der Waals surface area contributed by atoms with Gasteiger partial charge in [-0.05, 0) is 44.5 Å². The van der Waals surface area contributed by atoms with Crippen LogP contribution < -0.4 is 10.2 Å². The standard InChI is InChI=1S/C25H25BrN4O4/c1-24(2,3)34-23(33)28-25(17-11-6-8-13-19(17)29(4)22(25)32)20(16-10-5-7-12-18(16)26)21(31)30-15-9-14-27-30/h5-15,20H,1-4H3,(H,28,33)/t20-,25+/m1/s1. The molecule has 0 bridgehead atoms. The molecule has 0 saturated carbocycles. The van der Waals surface area contributed by atoms with Gasteiger partial charge in [-0.2, -0.15) is 5.10 Å². The molecular weight excluding hydrogens is 500 g/mol. The lowest BCUT2D eigenvalue weighted by molar-refractivity contribution is -0.124. The maximum Gasteiger partial charge on any atom is 0.408 e. The molecule has 2 heterocycles. The second-order valence-electron chi connectivity index (χ2n) is 9.06. The molecule has 1 aliphatic rings. The molecule has 1 N–H and O–H groups in total.